The topological polar surface area (TPSA) is 101 Å². The highest BCUT2D eigenvalue weighted by molar-refractivity contribution is 8.26. The van der Waals surface area contributed by atoms with Gasteiger partial charge in [0.05, 0.1) is 15.4 Å². The fraction of sp³-hybridized carbons (Fsp3) is 0.267. The van der Waals surface area contributed by atoms with Gasteiger partial charge < -0.3 is 5.11 Å². The van der Waals surface area contributed by atoms with Crippen LogP contribution in [0.4, 0.5) is 5.69 Å². The lowest BCUT2D eigenvalue weighted by molar-refractivity contribution is -0.385. The van der Waals surface area contributed by atoms with E-state index in [4.69, 9.17) is 12.2 Å². The molecule has 1 saturated heterocycles. The molecule has 126 valence electrons. The largest absolute Gasteiger partial charge is 0.480 e. The molecule has 1 aromatic rings. The third-order valence-corrected chi connectivity index (χ3v) is 4.74. The van der Waals surface area contributed by atoms with Crippen LogP contribution < -0.4 is 0 Å². The predicted molar refractivity (Wildman–Crippen MR) is 94.4 cm³/mol. The highest BCUT2D eigenvalue weighted by Gasteiger charge is 2.42. The monoisotopic (exact) mass is 366 g/mol. The first kappa shape index (κ1) is 18.1. The number of carbonyl (C=O) groups is 2. The molecule has 1 amide bonds. The molecule has 1 aromatic carbocycles. The summed E-state index contributed by atoms with van der Waals surface area (Å²) < 4.78 is 0.130. The Hall–Kier alpha value is -2.26. The van der Waals surface area contributed by atoms with Crippen LogP contribution in [-0.2, 0) is 9.59 Å². The Morgan fingerprint density at radius 2 is 2.04 bits per heavy atom. The maximum atomic E-state index is 12.6. The van der Waals surface area contributed by atoms with Crippen LogP contribution >= 0.6 is 24.0 Å². The molecule has 1 aliphatic heterocycles. The molecule has 0 radical (unpaired) electrons. The molecular formula is C15H14N2O5S2. The molecule has 1 aliphatic rings. The third-order valence-electron chi connectivity index (χ3n) is 3.41. The van der Waals surface area contributed by atoms with Crippen LogP contribution in [0.25, 0.3) is 6.08 Å². The van der Waals surface area contributed by atoms with Crippen LogP contribution in [0.1, 0.15) is 19.4 Å². The quantitative estimate of drug-likeness (QED) is 0.370. The number of rotatable bonds is 5. The summed E-state index contributed by atoms with van der Waals surface area (Å²) in [5, 5.41) is 20.4. The van der Waals surface area contributed by atoms with Gasteiger partial charge in [0.1, 0.15) is 10.4 Å². The third kappa shape index (κ3) is 3.46. The van der Waals surface area contributed by atoms with Crippen molar-refractivity contribution < 1.29 is 19.6 Å². The molecule has 1 atom stereocenters. The van der Waals surface area contributed by atoms with E-state index >= 15 is 0 Å². The Morgan fingerprint density at radius 3 is 2.58 bits per heavy atom. The van der Waals surface area contributed by atoms with E-state index in [9.17, 15) is 24.8 Å². The number of aliphatic carboxylic acids is 1. The van der Waals surface area contributed by atoms with Crippen molar-refractivity contribution in [1.29, 1.82) is 0 Å². The summed E-state index contributed by atoms with van der Waals surface area (Å²) in [6, 6.07) is 4.92. The highest BCUT2D eigenvalue weighted by Crippen LogP contribution is 2.36. The summed E-state index contributed by atoms with van der Waals surface area (Å²) in [4.78, 5) is 35.8. The van der Waals surface area contributed by atoms with Crippen LogP contribution in [-0.4, -0.2) is 37.2 Å². The van der Waals surface area contributed by atoms with E-state index in [-0.39, 0.29) is 26.4 Å². The summed E-state index contributed by atoms with van der Waals surface area (Å²) in [6.45, 7) is 3.37. The molecule has 0 saturated carbocycles. The van der Waals surface area contributed by atoms with Gasteiger partial charge in [0.2, 0.25) is 0 Å². The number of carbonyl (C=O) groups excluding carboxylic acids is 1. The van der Waals surface area contributed by atoms with Gasteiger partial charge >= 0.3 is 5.97 Å². The van der Waals surface area contributed by atoms with Crippen LogP contribution in [0, 0.1) is 16.0 Å². The number of para-hydroxylation sites is 1. The van der Waals surface area contributed by atoms with Crippen molar-refractivity contribution in [2.24, 2.45) is 5.92 Å². The smallest absolute Gasteiger partial charge is 0.327 e. The minimum atomic E-state index is -1.15. The number of benzene rings is 1. The molecule has 0 aromatic heterocycles. The minimum absolute atomic E-state index is 0.130. The molecular weight excluding hydrogens is 352 g/mol. The van der Waals surface area contributed by atoms with Crippen molar-refractivity contribution in [1.82, 2.24) is 4.90 Å². The fourth-order valence-corrected chi connectivity index (χ4v) is 3.65. The Morgan fingerprint density at radius 1 is 1.42 bits per heavy atom. The van der Waals surface area contributed by atoms with Crippen LogP contribution in [0.3, 0.4) is 0 Å². The van der Waals surface area contributed by atoms with Gasteiger partial charge in [-0.3, -0.25) is 19.8 Å². The van der Waals surface area contributed by atoms with Crippen molar-refractivity contribution in [2.75, 3.05) is 0 Å². The standard InChI is InChI=1S/C15H14N2O5S2/c1-8(2)12(14(19)20)16-13(18)11(24-15(16)23)7-9-5-3-4-6-10(9)17(21)22/h3-8,12H,1-2H3,(H,19,20)/b11-7+/t12-/m0/s1. The van der Waals surface area contributed by atoms with Crippen molar-refractivity contribution in [3.8, 4) is 0 Å². The Bertz CT molecular complexity index is 760. The molecule has 0 bridgehead atoms. The van der Waals surface area contributed by atoms with Gasteiger partial charge in [-0.1, -0.05) is 50.0 Å². The second kappa shape index (κ2) is 7.10. The second-order valence-corrected chi connectivity index (χ2v) is 7.07. The van der Waals surface area contributed by atoms with E-state index in [2.05, 4.69) is 0 Å². The number of nitro groups is 1. The normalized spacial score (nSPS) is 17.6. The van der Waals surface area contributed by atoms with E-state index in [1.54, 1.807) is 19.9 Å². The number of thioether (sulfide) groups is 1. The summed E-state index contributed by atoms with van der Waals surface area (Å²) in [6.07, 6.45) is 1.37. The first-order chi connectivity index (χ1) is 11.2. The number of amides is 1. The second-order valence-electron chi connectivity index (χ2n) is 5.39. The first-order valence-corrected chi connectivity index (χ1v) is 8.19. The lowest BCUT2D eigenvalue weighted by atomic mass is 10.0. The molecule has 2 rings (SSSR count). The average Bonchev–Trinajstić information content (AvgIpc) is 2.75. The molecule has 0 aliphatic carbocycles. The molecule has 0 spiro atoms. The van der Waals surface area contributed by atoms with E-state index < -0.39 is 22.8 Å². The number of thiocarbonyl (C=S) groups is 1. The van der Waals surface area contributed by atoms with Crippen LogP contribution in [0.15, 0.2) is 29.2 Å². The van der Waals surface area contributed by atoms with Gasteiger partial charge in [-0.25, -0.2) is 4.79 Å². The molecule has 0 unspecified atom stereocenters. The highest BCUT2D eigenvalue weighted by atomic mass is 32.2. The molecule has 1 N–H and O–H groups in total. The van der Waals surface area contributed by atoms with Gasteiger partial charge in [0.25, 0.3) is 11.6 Å². The zero-order chi connectivity index (χ0) is 18.0. The predicted octanol–water partition coefficient (Wildman–Crippen LogP) is 2.91. The molecule has 24 heavy (non-hydrogen) atoms. The lowest BCUT2D eigenvalue weighted by Crippen LogP contribution is -2.47. The van der Waals surface area contributed by atoms with Crippen molar-refractivity contribution in [2.45, 2.75) is 19.9 Å². The number of nitrogens with zero attached hydrogens (tertiary/aromatic N) is 2. The van der Waals surface area contributed by atoms with Gasteiger partial charge in [-0.05, 0) is 18.1 Å². The van der Waals surface area contributed by atoms with E-state index in [0.29, 0.717) is 0 Å². The summed E-state index contributed by atoms with van der Waals surface area (Å²) in [7, 11) is 0. The van der Waals surface area contributed by atoms with Gasteiger partial charge in [-0.2, -0.15) is 0 Å². The van der Waals surface area contributed by atoms with E-state index in [1.807, 2.05) is 0 Å². The van der Waals surface area contributed by atoms with Gasteiger partial charge in [-0.15, -0.1) is 0 Å². The molecule has 7 nitrogen and oxygen atoms in total. The molecule has 9 heteroatoms. The first-order valence-electron chi connectivity index (χ1n) is 6.97. The maximum Gasteiger partial charge on any atom is 0.327 e. The van der Waals surface area contributed by atoms with Gasteiger partial charge in [0, 0.05) is 6.07 Å². The number of hydrogen-bond acceptors (Lipinski definition) is 6. The van der Waals surface area contributed by atoms with E-state index in [0.717, 1.165) is 16.7 Å². The number of carboxylic acids is 1. The maximum absolute atomic E-state index is 12.6. The Balaban J connectivity index is 2.42. The molecule has 1 heterocycles. The van der Waals surface area contributed by atoms with Crippen molar-refractivity contribution in [3.05, 3.63) is 44.8 Å². The van der Waals surface area contributed by atoms with E-state index in [1.165, 1.54) is 24.3 Å². The van der Waals surface area contributed by atoms with Crippen LogP contribution in [0.2, 0.25) is 0 Å². The van der Waals surface area contributed by atoms with Crippen molar-refractivity contribution >= 4 is 51.9 Å². The zero-order valence-electron chi connectivity index (χ0n) is 12.8. The van der Waals surface area contributed by atoms with Gasteiger partial charge in [0.15, 0.2) is 0 Å². The number of carboxylic acid groups (broad SMARTS) is 1. The lowest BCUT2D eigenvalue weighted by Gasteiger charge is -2.26. The van der Waals surface area contributed by atoms with Crippen LogP contribution in [0.5, 0.6) is 0 Å². The summed E-state index contributed by atoms with van der Waals surface area (Å²) in [5.74, 6) is -2.03. The summed E-state index contributed by atoms with van der Waals surface area (Å²) >= 11 is 6.08. The Kier molecular flexibility index (Phi) is 5.35. The SMILES string of the molecule is CC(C)[C@@H](C(=O)O)N1C(=O)/C(=C\c2ccccc2[N+](=O)[O-])SC1=S. The molecule has 1 fully saturated rings. The number of hydrogen-bond donors (Lipinski definition) is 1. The average molecular weight is 366 g/mol. The fourth-order valence-electron chi connectivity index (χ4n) is 2.33. The minimum Gasteiger partial charge on any atom is -0.480 e. The number of nitro benzene ring substituents is 1. The van der Waals surface area contributed by atoms with Crippen molar-refractivity contribution in [3.63, 3.8) is 0 Å². The zero-order valence-corrected chi connectivity index (χ0v) is 14.5. The summed E-state index contributed by atoms with van der Waals surface area (Å²) in [5.41, 5.74) is 0.126. The Labute approximate surface area is 147 Å².